The van der Waals surface area contributed by atoms with E-state index in [2.05, 4.69) is 0 Å². The zero-order valence-corrected chi connectivity index (χ0v) is 26.5. The SMILES string of the molecule is O=C1C(=Cc2ccc(F)cc2)SC(c2ccc(C3SC(=Cc4ccc(F)cc4)C(=O)N3c3ccc(F)cc3)cc2)N1c1ccc(F)cc1. The fourth-order valence-electron chi connectivity index (χ4n) is 5.48. The Balaban J connectivity index is 1.23. The molecule has 5 aromatic rings. The Kier molecular flexibility index (Phi) is 8.68. The van der Waals surface area contributed by atoms with Gasteiger partial charge in [0.25, 0.3) is 11.8 Å². The van der Waals surface area contributed by atoms with E-state index in [1.54, 1.807) is 70.5 Å². The van der Waals surface area contributed by atoms with Gasteiger partial charge < -0.3 is 0 Å². The Morgan fingerprint density at radius 1 is 0.438 bits per heavy atom. The molecule has 238 valence electrons. The summed E-state index contributed by atoms with van der Waals surface area (Å²) < 4.78 is 54.7. The lowest BCUT2D eigenvalue weighted by atomic mass is 10.1. The van der Waals surface area contributed by atoms with Gasteiger partial charge in [0.1, 0.15) is 34.0 Å². The van der Waals surface area contributed by atoms with Gasteiger partial charge in [0, 0.05) is 11.4 Å². The summed E-state index contributed by atoms with van der Waals surface area (Å²) in [6.07, 6.45) is 3.40. The highest BCUT2D eigenvalue weighted by atomic mass is 32.2. The maximum atomic E-state index is 13.8. The summed E-state index contributed by atoms with van der Waals surface area (Å²) in [5.41, 5.74) is 3.93. The van der Waals surface area contributed by atoms with E-state index in [0.717, 1.165) is 11.1 Å². The summed E-state index contributed by atoms with van der Waals surface area (Å²) in [7, 11) is 0. The second-order valence-corrected chi connectivity index (χ2v) is 13.3. The van der Waals surface area contributed by atoms with Gasteiger partial charge in [0.2, 0.25) is 0 Å². The van der Waals surface area contributed by atoms with Gasteiger partial charge in [-0.2, -0.15) is 0 Å². The molecule has 0 aromatic heterocycles. The molecule has 48 heavy (non-hydrogen) atoms. The molecule has 10 heteroatoms. The number of hydrogen-bond acceptors (Lipinski definition) is 4. The number of carbonyl (C=O) groups excluding carboxylic acids is 2. The number of amides is 2. The minimum absolute atomic E-state index is 0.278. The number of thioether (sulfide) groups is 2. The van der Waals surface area contributed by atoms with Gasteiger partial charge in [-0.1, -0.05) is 72.1 Å². The lowest BCUT2D eigenvalue weighted by molar-refractivity contribution is -0.115. The molecule has 2 aliphatic heterocycles. The summed E-state index contributed by atoms with van der Waals surface area (Å²) in [6, 6.07) is 30.6. The van der Waals surface area contributed by atoms with Crippen LogP contribution >= 0.6 is 23.5 Å². The van der Waals surface area contributed by atoms with Crippen molar-refractivity contribution in [2.75, 3.05) is 9.80 Å². The van der Waals surface area contributed by atoms with E-state index in [-0.39, 0.29) is 23.4 Å². The maximum absolute atomic E-state index is 13.8. The van der Waals surface area contributed by atoms with Crippen molar-refractivity contribution < 1.29 is 27.2 Å². The molecule has 2 heterocycles. The highest BCUT2D eigenvalue weighted by Gasteiger charge is 2.40. The predicted molar refractivity (Wildman–Crippen MR) is 184 cm³/mol. The van der Waals surface area contributed by atoms with Crippen molar-refractivity contribution >= 4 is 58.9 Å². The molecule has 2 aliphatic rings. The Bertz CT molecular complexity index is 1900. The molecule has 7 rings (SSSR count). The fraction of sp³-hybridized carbons (Fsp3) is 0.0526. The topological polar surface area (TPSA) is 40.6 Å². The van der Waals surface area contributed by atoms with Crippen molar-refractivity contribution in [2.24, 2.45) is 0 Å². The van der Waals surface area contributed by atoms with Crippen LogP contribution in [-0.2, 0) is 9.59 Å². The molecule has 2 saturated heterocycles. The second-order valence-electron chi connectivity index (χ2n) is 11.0. The number of rotatable bonds is 6. The molecule has 0 aliphatic carbocycles. The van der Waals surface area contributed by atoms with Crippen molar-refractivity contribution in [2.45, 2.75) is 10.7 Å². The molecule has 0 saturated carbocycles. The van der Waals surface area contributed by atoms with Crippen LogP contribution in [0, 0.1) is 23.3 Å². The van der Waals surface area contributed by atoms with E-state index in [0.29, 0.717) is 32.3 Å². The van der Waals surface area contributed by atoms with Crippen molar-refractivity contribution in [3.8, 4) is 0 Å². The van der Waals surface area contributed by atoms with Crippen LogP contribution in [0.4, 0.5) is 28.9 Å². The fourth-order valence-corrected chi connectivity index (χ4v) is 8.00. The normalized spacial score (nSPS) is 19.6. The molecule has 0 N–H and O–H groups in total. The van der Waals surface area contributed by atoms with E-state index in [4.69, 9.17) is 0 Å². The highest BCUT2D eigenvalue weighted by molar-refractivity contribution is 8.05. The van der Waals surface area contributed by atoms with E-state index in [9.17, 15) is 27.2 Å². The minimum atomic E-state index is -0.497. The van der Waals surface area contributed by atoms with Crippen LogP contribution in [0.3, 0.4) is 0 Å². The van der Waals surface area contributed by atoms with E-state index in [1.165, 1.54) is 72.1 Å². The molecule has 2 unspecified atom stereocenters. The summed E-state index contributed by atoms with van der Waals surface area (Å²) in [5.74, 6) is -2.18. The Morgan fingerprint density at radius 3 is 1.04 bits per heavy atom. The van der Waals surface area contributed by atoms with E-state index < -0.39 is 22.4 Å². The van der Waals surface area contributed by atoms with Gasteiger partial charge >= 0.3 is 0 Å². The van der Waals surface area contributed by atoms with Crippen molar-refractivity contribution in [3.63, 3.8) is 0 Å². The van der Waals surface area contributed by atoms with Crippen LogP contribution in [0.15, 0.2) is 131 Å². The average molecular weight is 681 g/mol. The summed E-state index contributed by atoms with van der Waals surface area (Å²) in [6.45, 7) is 0. The van der Waals surface area contributed by atoms with Gasteiger partial charge in [-0.25, -0.2) is 17.6 Å². The average Bonchev–Trinajstić information content (AvgIpc) is 3.59. The molecular formula is C38H24F4N2O2S2. The Hall–Kier alpha value is -5.06. The molecule has 0 spiro atoms. The third kappa shape index (κ3) is 6.41. The summed E-state index contributed by atoms with van der Waals surface area (Å²) in [5, 5.41) is -0.993. The van der Waals surface area contributed by atoms with Crippen LogP contribution in [0.2, 0.25) is 0 Å². The lowest BCUT2D eigenvalue weighted by Crippen LogP contribution is -2.28. The maximum Gasteiger partial charge on any atom is 0.266 e. The summed E-state index contributed by atoms with van der Waals surface area (Å²) in [4.78, 5) is 31.6. The Morgan fingerprint density at radius 2 is 0.729 bits per heavy atom. The standard InChI is InChI=1S/C38H24F4N2O2S2/c39-27-9-1-23(2-10-27)21-33-35(45)43(31-17-13-29(41)14-18-31)37(47-33)25-5-7-26(8-6-25)38-44(32-19-15-30(42)16-20-32)36(46)34(48-38)22-24-3-11-28(40)12-4-24/h1-22,37-38H. The largest absolute Gasteiger partial charge is 0.291 e. The van der Waals surface area contributed by atoms with E-state index >= 15 is 0 Å². The van der Waals surface area contributed by atoms with Gasteiger partial charge in [-0.05, 0) is 107 Å². The number of nitrogens with zero attached hydrogens (tertiary/aromatic N) is 2. The van der Waals surface area contributed by atoms with Crippen molar-refractivity contribution in [3.05, 3.63) is 177 Å². The lowest BCUT2D eigenvalue weighted by Gasteiger charge is -2.26. The highest BCUT2D eigenvalue weighted by Crippen LogP contribution is 2.51. The van der Waals surface area contributed by atoms with Crippen LogP contribution in [0.1, 0.15) is 33.0 Å². The van der Waals surface area contributed by atoms with Crippen molar-refractivity contribution in [1.29, 1.82) is 0 Å². The van der Waals surface area contributed by atoms with Crippen LogP contribution in [0.25, 0.3) is 12.2 Å². The van der Waals surface area contributed by atoms with Gasteiger partial charge in [0.05, 0.1) is 9.81 Å². The molecule has 5 aromatic carbocycles. The first-order valence-electron chi connectivity index (χ1n) is 14.8. The van der Waals surface area contributed by atoms with Crippen molar-refractivity contribution in [1.82, 2.24) is 0 Å². The first kappa shape index (κ1) is 31.5. The first-order valence-corrected chi connectivity index (χ1v) is 16.6. The van der Waals surface area contributed by atoms with Gasteiger partial charge in [-0.15, -0.1) is 0 Å². The summed E-state index contributed by atoms with van der Waals surface area (Å²) >= 11 is 2.65. The van der Waals surface area contributed by atoms with E-state index in [1.807, 2.05) is 24.3 Å². The monoisotopic (exact) mass is 680 g/mol. The molecule has 2 atom stereocenters. The Labute approximate surface area is 282 Å². The van der Waals surface area contributed by atoms with Crippen LogP contribution in [0.5, 0.6) is 0 Å². The van der Waals surface area contributed by atoms with Gasteiger partial charge in [-0.3, -0.25) is 19.4 Å². The van der Waals surface area contributed by atoms with Crippen LogP contribution in [-0.4, -0.2) is 11.8 Å². The number of benzene rings is 5. The smallest absolute Gasteiger partial charge is 0.266 e. The zero-order chi connectivity index (χ0) is 33.4. The minimum Gasteiger partial charge on any atom is -0.291 e. The molecule has 0 radical (unpaired) electrons. The third-order valence-electron chi connectivity index (χ3n) is 7.86. The quantitative estimate of drug-likeness (QED) is 0.132. The number of hydrogen-bond donors (Lipinski definition) is 0. The molecule has 2 amide bonds. The van der Waals surface area contributed by atoms with Crippen LogP contribution < -0.4 is 9.80 Å². The number of halogens is 4. The first-order chi connectivity index (χ1) is 23.2. The molecule has 4 nitrogen and oxygen atoms in total. The number of anilines is 2. The molecule has 2 fully saturated rings. The van der Waals surface area contributed by atoms with Gasteiger partial charge in [0.15, 0.2) is 0 Å². The second kappa shape index (κ2) is 13.2. The molecule has 0 bridgehead atoms. The zero-order valence-electron chi connectivity index (χ0n) is 24.9. The number of carbonyl (C=O) groups is 2. The molecular weight excluding hydrogens is 657 g/mol. The third-order valence-corrected chi connectivity index (χ3v) is 10.4. The predicted octanol–water partition coefficient (Wildman–Crippen LogP) is 9.88.